The highest BCUT2D eigenvalue weighted by Crippen LogP contribution is 2.19. The molecule has 0 radical (unpaired) electrons. The van der Waals surface area contributed by atoms with Crippen molar-refractivity contribution in [2.75, 3.05) is 6.54 Å². The van der Waals surface area contributed by atoms with E-state index >= 15 is 0 Å². The molecule has 0 aromatic carbocycles. The van der Waals surface area contributed by atoms with Gasteiger partial charge < -0.3 is 5.32 Å². The zero-order valence-corrected chi connectivity index (χ0v) is 10.1. The molecule has 1 unspecified atom stereocenters. The Balaban J connectivity index is 2.69. The maximum Gasteiger partial charge on any atom is 0.0375 e. The Hall–Kier alpha value is -0.890. The summed E-state index contributed by atoms with van der Waals surface area (Å²) < 4.78 is 0. The molecule has 1 aromatic rings. The highest BCUT2D eigenvalue weighted by molar-refractivity contribution is 5.19. The molecule has 15 heavy (non-hydrogen) atoms. The second-order valence-electron chi connectivity index (χ2n) is 3.98. The molecule has 2 heteroatoms. The Morgan fingerprint density at radius 1 is 1.40 bits per heavy atom. The molecule has 84 valence electrons. The van der Waals surface area contributed by atoms with Crippen LogP contribution in [0, 0.1) is 6.92 Å². The molecule has 0 aliphatic carbocycles. The Morgan fingerprint density at radius 2 is 2.20 bits per heavy atom. The quantitative estimate of drug-likeness (QED) is 0.773. The van der Waals surface area contributed by atoms with Gasteiger partial charge in [-0.05, 0) is 37.6 Å². The minimum absolute atomic E-state index is 0.497. The molecule has 1 rings (SSSR count). The van der Waals surface area contributed by atoms with Crippen molar-refractivity contribution >= 4 is 0 Å². The number of rotatable bonds is 6. The summed E-state index contributed by atoms with van der Waals surface area (Å²) in [6, 6.07) is 4.80. The number of nitrogens with one attached hydrogen (secondary N) is 1. The zero-order chi connectivity index (χ0) is 11.1. The van der Waals surface area contributed by atoms with Crippen molar-refractivity contribution in [3.05, 3.63) is 29.6 Å². The van der Waals surface area contributed by atoms with Crippen molar-refractivity contribution in [2.24, 2.45) is 0 Å². The van der Waals surface area contributed by atoms with E-state index in [-0.39, 0.29) is 0 Å². The highest BCUT2D eigenvalue weighted by Gasteiger charge is 2.09. The van der Waals surface area contributed by atoms with E-state index in [2.05, 4.69) is 36.3 Å². The fraction of sp³-hybridized carbons (Fsp3) is 0.615. The molecule has 1 N–H and O–H groups in total. The summed E-state index contributed by atoms with van der Waals surface area (Å²) in [5, 5.41) is 3.53. The van der Waals surface area contributed by atoms with Gasteiger partial charge in [0.2, 0.25) is 0 Å². The lowest BCUT2D eigenvalue weighted by Crippen LogP contribution is -2.20. The smallest absolute Gasteiger partial charge is 0.0375 e. The lowest BCUT2D eigenvalue weighted by Gasteiger charge is -2.18. The van der Waals surface area contributed by atoms with Crippen molar-refractivity contribution in [3.63, 3.8) is 0 Å². The molecule has 0 aliphatic heterocycles. The van der Waals surface area contributed by atoms with Crippen molar-refractivity contribution < 1.29 is 0 Å². The van der Waals surface area contributed by atoms with Gasteiger partial charge in [-0.15, -0.1) is 0 Å². The van der Waals surface area contributed by atoms with Crippen LogP contribution in [0.2, 0.25) is 0 Å². The number of nitrogens with zero attached hydrogens (tertiary/aromatic N) is 1. The van der Waals surface area contributed by atoms with Crippen molar-refractivity contribution in [2.45, 2.75) is 46.1 Å². The average Bonchev–Trinajstić information content (AvgIpc) is 2.24. The lowest BCUT2D eigenvalue weighted by atomic mass is 10.0. The average molecular weight is 206 g/mol. The first-order valence-corrected chi connectivity index (χ1v) is 5.93. The summed E-state index contributed by atoms with van der Waals surface area (Å²) in [7, 11) is 0. The summed E-state index contributed by atoms with van der Waals surface area (Å²) in [6.45, 7) is 7.47. The number of unbranched alkanes of at least 4 members (excludes halogenated alkanes) is 1. The summed E-state index contributed by atoms with van der Waals surface area (Å²) in [5.41, 5.74) is 2.48. The van der Waals surface area contributed by atoms with E-state index in [4.69, 9.17) is 0 Å². The van der Waals surface area contributed by atoms with Gasteiger partial charge in [-0.2, -0.15) is 0 Å². The van der Waals surface area contributed by atoms with Gasteiger partial charge in [0.1, 0.15) is 0 Å². The Labute approximate surface area is 93.1 Å². The summed E-state index contributed by atoms with van der Waals surface area (Å²) in [5.74, 6) is 0. The minimum Gasteiger partial charge on any atom is -0.310 e. The summed E-state index contributed by atoms with van der Waals surface area (Å²) in [4.78, 5) is 4.23. The maximum absolute atomic E-state index is 4.23. The molecule has 0 spiro atoms. The van der Waals surface area contributed by atoms with E-state index in [9.17, 15) is 0 Å². The van der Waals surface area contributed by atoms with E-state index in [1.165, 1.54) is 24.8 Å². The number of pyridine rings is 1. The second kappa shape index (κ2) is 6.57. The summed E-state index contributed by atoms with van der Waals surface area (Å²) >= 11 is 0. The van der Waals surface area contributed by atoms with E-state index in [0.29, 0.717) is 6.04 Å². The Bertz CT molecular complexity index is 284. The van der Waals surface area contributed by atoms with Crippen molar-refractivity contribution in [1.82, 2.24) is 10.3 Å². The molecule has 0 saturated heterocycles. The third-order valence-electron chi connectivity index (χ3n) is 2.62. The molecule has 0 bridgehead atoms. The standard InChI is InChI=1S/C13H22N2/c1-4-6-7-13(14-5-2)12-8-9-15-11(3)10-12/h8-10,13-14H,4-7H2,1-3H3. The highest BCUT2D eigenvalue weighted by atomic mass is 14.9. The minimum atomic E-state index is 0.497. The van der Waals surface area contributed by atoms with Gasteiger partial charge in [-0.25, -0.2) is 0 Å². The molecule has 2 nitrogen and oxygen atoms in total. The largest absolute Gasteiger partial charge is 0.310 e. The van der Waals surface area contributed by atoms with Gasteiger partial charge in [0, 0.05) is 17.9 Å². The van der Waals surface area contributed by atoms with Gasteiger partial charge in [0.05, 0.1) is 0 Å². The molecule has 1 aromatic heterocycles. The van der Waals surface area contributed by atoms with Crippen LogP contribution < -0.4 is 5.32 Å². The maximum atomic E-state index is 4.23. The van der Waals surface area contributed by atoms with E-state index in [1.807, 2.05) is 13.1 Å². The normalized spacial score (nSPS) is 12.7. The fourth-order valence-electron chi connectivity index (χ4n) is 1.83. The predicted octanol–water partition coefficient (Wildman–Crippen LogP) is 3.23. The third kappa shape index (κ3) is 4.00. The van der Waals surface area contributed by atoms with Gasteiger partial charge in [0.15, 0.2) is 0 Å². The summed E-state index contributed by atoms with van der Waals surface area (Å²) in [6.07, 6.45) is 5.65. The van der Waals surface area contributed by atoms with E-state index < -0.39 is 0 Å². The topological polar surface area (TPSA) is 24.9 Å². The molecular formula is C13H22N2. The van der Waals surface area contributed by atoms with Crippen LogP contribution >= 0.6 is 0 Å². The Morgan fingerprint density at radius 3 is 2.80 bits per heavy atom. The van der Waals surface area contributed by atoms with Gasteiger partial charge in [-0.3, -0.25) is 4.98 Å². The molecule has 1 heterocycles. The van der Waals surface area contributed by atoms with E-state index in [1.54, 1.807) is 0 Å². The number of hydrogen-bond acceptors (Lipinski definition) is 2. The Kier molecular flexibility index (Phi) is 5.33. The van der Waals surface area contributed by atoms with Crippen LogP contribution in [0.3, 0.4) is 0 Å². The number of hydrogen-bond donors (Lipinski definition) is 1. The van der Waals surface area contributed by atoms with Crippen LogP contribution in [0.25, 0.3) is 0 Å². The first-order chi connectivity index (χ1) is 7.27. The van der Waals surface area contributed by atoms with Crippen LogP contribution in [-0.2, 0) is 0 Å². The molecule has 1 atom stereocenters. The van der Waals surface area contributed by atoms with E-state index in [0.717, 1.165) is 12.2 Å². The number of aromatic nitrogens is 1. The second-order valence-corrected chi connectivity index (χ2v) is 3.98. The van der Waals surface area contributed by atoms with Gasteiger partial charge in [0.25, 0.3) is 0 Å². The van der Waals surface area contributed by atoms with Crippen LogP contribution in [0.15, 0.2) is 18.3 Å². The van der Waals surface area contributed by atoms with Crippen LogP contribution in [-0.4, -0.2) is 11.5 Å². The monoisotopic (exact) mass is 206 g/mol. The van der Waals surface area contributed by atoms with Crippen LogP contribution in [0.1, 0.15) is 50.4 Å². The molecule has 0 amide bonds. The molecule has 0 fully saturated rings. The predicted molar refractivity (Wildman–Crippen MR) is 64.9 cm³/mol. The van der Waals surface area contributed by atoms with Crippen LogP contribution in [0.4, 0.5) is 0 Å². The molecule has 0 saturated carbocycles. The first-order valence-electron chi connectivity index (χ1n) is 5.93. The van der Waals surface area contributed by atoms with Gasteiger partial charge >= 0.3 is 0 Å². The molecular weight excluding hydrogens is 184 g/mol. The van der Waals surface area contributed by atoms with Crippen molar-refractivity contribution in [1.29, 1.82) is 0 Å². The lowest BCUT2D eigenvalue weighted by molar-refractivity contribution is 0.494. The first kappa shape index (κ1) is 12.2. The third-order valence-corrected chi connectivity index (χ3v) is 2.62. The zero-order valence-electron chi connectivity index (χ0n) is 10.1. The number of aryl methyl sites for hydroxylation is 1. The SMILES string of the molecule is CCCCC(NCC)c1ccnc(C)c1. The molecule has 0 aliphatic rings. The van der Waals surface area contributed by atoms with Crippen molar-refractivity contribution in [3.8, 4) is 0 Å². The fourth-order valence-corrected chi connectivity index (χ4v) is 1.83. The van der Waals surface area contributed by atoms with Crippen LogP contribution in [0.5, 0.6) is 0 Å². The van der Waals surface area contributed by atoms with Gasteiger partial charge in [-0.1, -0.05) is 26.7 Å².